The van der Waals surface area contributed by atoms with E-state index in [1.807, 2.05) is 12.2 Å². The van der Waals surface area contributed by atoms with E-state index in [1.54, 1.807) is 52.0 Å². The molecule has 11 heteroatoms. The number of halogens is 4. The molecule has 0 N–H and O–H groups in total. The van der Waals surface area contributed by atoms with Gasteiger partial charge in [0.15, 0.2) is 0 Å². The molecular weight excluding hydrogens is 648 g/mol. The molecule has 248 valence electrons. The van der Waals surface area contributed by atoms with E-state index in [-0.39, 0.29) is 95.4 Å². The third-order valence-electron chi connectivity index (χ3n) is 10.2. The number of allylic oxidation sites excluding steroid dienone is 8. The Hall–Kier alpha value is -2.99. The van der Waals surface area contributed by atoms with Crippen LogP contribution in [0.5, 0.6) is 0 Å². The SMILES string of the molecule is CCOC[N+]1(c2ccc(F)[c]([Ti]([C]3=CC=CC3)([C]3=CC=CC3)[c]3c(F)ccc([N+]4(COCC)CC(C)C4=O)c3F)c2F)CC(C)C1=O. The summed E-state index contributed by atoms with van der Waals surface area (Å²) in [4.78, 5) is 26.9. The fourth-order valence-corrected chi connectivity index (χ4v) is 16.3. The number of rotatable bonds is 12. The monoisotopic (exact) mass is 688 g/mol. The topological polar surface area (TPSA) is 52.6 Å². The molecule has 2 amide bonds. The van der Waals surface area contributed by atoms with Gasteiger partial charge in [-0.05, 0) is 0 Å². The van der Waals surface area contributed by atoms with Gasteiger partial charge in [0.05, 0.1) is 0 Å². The average Bonchev–Trinajstić information content (AvgIpc) is 3.80. The van der Waals surface area contributed by atoms with Gasteiger partial charge < -0.3 is 0 Å². The predicted octanol–water partition coefficient (Wildman–Crippen LogP) is 5.99. The molecule has 6 rings (SSSR count). The fraction of sp³-hybridized carbons (Fsp3) is 0.389. The molecule has 4 unspecified atom stereocenters. The van der Waals surface area contributed by atoms with Crippen LogP contribution in [0, 0.1) is 35.1 Å². The molecule has 0 aromatic heterocycles. The number of quaternary nitrogens is 2. The van der Waals surface area contributed by atoms with Crippen molar-refractivity contribution >= 4 is 30.9 Å². The van der Waals surface area contributed by atoms with Crippen LogP contribution in [0.4, 0.5) is 28.9 Å². The van der Waals surface area contributed by atoms with Crippen LogP contribution in [0.15, 0.2) is 68.5 Å². The molecule has 2 fully saturated rings. The van der Waals surface area contributed by atoms with Crippen LogP contribution >= 0.6 is 0 Å². The van der Waals surface area contributed by atoms with Crippen molar-refractivity contribution in [2.24, 2.45) is 11.8 Å². The molecule has 2 aliphatic heterocycles. The van der Waals surface area contributed by atoms with Crippen molar-refractivity contribution in [1.29, 1.82) is 0 Å². The Kier molecular flexibility index (Phi) is 9.23. The first-order chi connectivity index (χ1) is 22.5. The second kappa shape index (κ2) is 12.8. The van der Waals surface area contributed by atoms with Gasteiger partial charge in [-0.3, -0.25) is 0 Å². The van der Waals surface area contributed by atoms with Gasteiger partial charge in [0.25, 0.3) is 0 Å². The summed E-state index contributed by atoms with van der Waals surface area (Å²) in [6.07, 6.45) is 11.0. The second-order valence-corrected chi connectivity index (χ2v) is 18.8. The van der Waals surface area contributed by atoms with Crippen molar-refractivity contribution in [1.82, 2.24) is 8.97 Å². The normalized spacial score (nSPS) is 26.8. The van der Waals surface area contributed by atoms with E-state index in [0.29, 0.717) is 7.76 Å². The zero-order chi connectivity index (χ0) is 33.7. The Morgan fingerprint density at radius 3 is 1.40 bits per heavy atom. The van der Waals surface area contributed by atoms with E-state index in [0.717, 1.165) is 12.1 Å². The van der Waals surface area contributed by atoms with Gasteiger partial charge in [-0.25, -0.2) is 0 Å². The van der Waals surface area contributed by atoms with Crippen molar-refractivity contribution in [3.8, 4) is 0 Å². The van der Waals surface area contributed by atoms with Crippen LogP contribution < -0.4 is 16.7 Å². The van der Waals surface area contributed by atoms with Gasteiger partial charge in [-0.2, -0.15) is 0 Å². The predicted molar refractivity (Wildman–Crippen MR) is 170 cm³/mol. The Morgan fingerprint density at radius 2 is 1.11 bits per heavy atom. The first-order valence-corrected chi connectivity index (χ1v) is 19.3. The van der Waals surface area contributed by atoms with Crippen LogP contribution in [0.1, 0.15) is 40.5 Å². The first kappa shape index (κ1) is 33.9. The standard InChI is InChI=1S/2C13H15F2NO2.2C5H5.Ti/c2*1-3-18-8-16(7-9(2)13(16)17)12-5-4-10(14)6-11(12)15;2*1-2-4-5-3-1;/h2*4-5,9H,3,7-8H2,1-2H3;2*1-3H,4H2;/q2*+1;;;. The van der Waals surface area contributed by atoms with Gasteiger partial charge >= 0.3 is 277 Å². The van der Waals surface area contributed by atoms with Crippen molar-refractivity contribution in [3.05, 3.63) is 91.7 Å². The van der Waals surface area contributed by atoms with E-state index in [2.05, 4.69) is 0 Å². The Labute approximate surface area is 276 Å². The van der Waals surface area contributed by atoms with E-state index >= 15 is 17.6 Å². The number of likely N-dealkylation sites (tertiary alicyclic amines) is 2. The van der Waals surface area contributed by atoms with Crippen LogP contribution in [0.2, 0.25) is 0 Å². The molecule has 2 aliphatic carbocycles. The van der Waals surface area contributed by atoms with Gasteiger partial charge in [-0.15, -0.1) is 0 Å². The van der Waals surface area contributed by atoms with Crippen LogP contribution in [-0.2, 0) is 35.7 Å². The average molecular weight is 689 g/mol. The van der Waals surface area contributed by atoms with Gasteiger partial charge in [-0.1, -0.05) is 0 Å². The quantitative estimate of drug-likeness (QED) is 0.119. The van der Waals surface area contributed by atoms with Gasteiger partial charge in [0.1, 0.15) is 0 Å². The van der Waals surface area contributed by atoms with E-state index in [1.165, 1.54) is 12.1 Å². The Bertz CT molecular complexity index is 1640. The third kappa shape index (κ3) is 4.94. The number of carbonyl (C=O) groups excluding carboxylic acids is 2. The number of ether oxygens (including phenoxy) is 2. The van der Waals surface area contributed by atoms with Crippen molar-refractivity contribution < 1.29 is 53.2 Å². The summed E-state index contributed by atoms with van der Waals surface area (Å²) in [7, 11) is 0. The first-order valence-electron chi connectivity index (χ1n) is 16.2. The second-order valence-electron chi connectivity index (χ2n) is 12.9. The number of hydrogen-bond donors (Lipinski definition) is 0. The minimum atomic E-state index is -5.24. The maximum absolute atomic E-state index is 17.6. The summed E-state index contributed by atoms with van der Waals surface area (Å²) >= 11 is -5.24. The number of benzene rings is 2. The maximum atomic E-state index is 17.6. The van der Waals surface area contributed by atoms with Crippen molar-refractivity contribution in [2.75, 3.05) is 39.8 Å². The number of nitrogens with zero attached hydrogens (tertiary/aromatic N) is 2. The molecule has 4 aliphatic rings. The number of amides is 2. The van der Waals surface area contributed by atoms with Gasteiger partial charge in [0.2, 0.25) is 0 Å². The summed E-state index contributed by atoms with van der Waals surface area (Å²) < 4.78 is 79.2. The third-order valence-corrected chi connectivity index (χ3v) is 18.1. The molecule has 47 heavy (non-hydrogen) atoms. The minimum absolute atomic E-state index is 0.0744. The number of hydrogen-bond acceptors (Lipinski definition) is 4. The van der Waals surface area contributed by atoms with E-state index in [9.17, 15) is 9.59 Å². The zero-order valence-electron chi connectivity index (χ0n) is 27.1. The molecule has 0 spiro atoms. The summed E-state index contributed by atoms with van der Waals surface area (Å²) in [5.41, 5.74) is -0.149. The fourth-order valence-electron chi connectivity index (χ4n) is 8.05. The molecule has 0 radical (unpaired) electrons. The molecule has 2 heterocycles. The van der Waals surface area contributed by atoms with Crippen LogP contribution in [-0.4, -0.2) is 51.6 Å². The van der Waals surface area contributed by atoms with Gasteiger partial charge in [0, 0.05) is 0 Å². The summed E-state index contributed by atoms with van der Waals surface area (Å²) in [5.74, 6) is -5.12. The summed E-state index contributed by atoms with van der Waals surface area (Å²) in [6, 6.07) is 4.76. The van der Waals surface area contributed by atoms with Crippen LogP contribution in [0.3, 0.4) is 0 Å². The Balaban J connectivity index is 1.69. The number of β-lactam (4-membered cyclic amide) rings is 2. The summed E-state index contributed by atoms with van der Waals surface area (Å²) in [5, 5.41) is 0. The molecule has 2 aromatic carbocycles. The van der Waals surface area contributed by atoms with Crippen LogP contribution in [0.25, 0.3) is 0 Å². The molecule has 4 atom stereocenters. The van der Waals surface area contributed by atoms with Crippen molar-refractivity contribution in [3.63, 3.8) is 0 Å². The molecule has 0 saturated carbocycles. The summed E-state index contributed by atoms with van der Waals surface area (Å²) in [6.45, 7) is 7.76. The molecule has 0 bridgehead atoms. The van der Waals surface area contributed by atoms with E-state index < -0.39 is 48.8 Å². The van der Waals surface area contributed by atoms with E-state index in [4.69, 9.17) is 9.47 Å². The number of carbonyl (C=O) groups is 2. The van der Waals surface area contributed by atoms with Crippen molar-refractivity contribution in [2.45, 2.75) is 40.5 Å². The zero-order valence-corrected chi connectivity index (χ0v) is 28.7. The Morgan fingerprint density at radius 1 is 0.702 bits per heavy atom. The molecule has 6 nitrogen and oxygen atoms in total. The molecule has 2 saturated heterocycles. The molecule has 2 aromatic rings. The molecular formula is C36H40F4N2O4Ti+2.